The minimum absolute atomic E-state index is 0.0410. The van der Waals surface area contributed by atoms with Crippen LogP contribution in [0.15, 0.2) is 29.5 Å². The maximum Gasteiger partial charge on any atom is 0.208 e. The van der Waals surface area contributed by atoms with Gasteiger partial charge in [0.05, 0.1) is 17.8 Å². The molecule has 0 amide bonds. The normalized spacial score (nSPS) is 27.0. The Hall–Kier alpha value is -1.81. The molecule has 0 radical (unpaired) electrons. The van der Waals surface area contributed by atoms with E-state index < -0.39 is 0 Å². The number of fused-ring (bicyclic) bond motifs is 1. The van der Waals surface area contributed by atoms with Gasteiger partial charge in [0.2, 0.25) is 5.78 Å². The fourth-order valence-electron chi connectivity index (χ4n) is 2.70. The van der Waals surface area contributed by atoms with Crippen molar-refractivity contribution in [2.45, 2.75) is 32.5 Å². The maximum atomic E-state index is 12.4. The van der Waals surface area contributed by atoms with E-state index in [-0.39, 0.29) is 29.5 Å². The molecule has 18 heavy (non-hydrogen) atoms. The number of ketones is 2. The SMILES string of the molecule is C[C@H]1CC2=C(C(=O)c3cccnc3C2=O)[C@@H](C)O1. The number of carbonyl (C=O) groups excluding carboxylic acids is 2. The van der Waals surface area contributed by atoms with Crippen molar-refractivity contribution in [1.82, 2.24) is 4.98 Å². The van der Waals surface area contributed by atoms with Crippen molar-refractivity contribution in [2.24, 2.45) is 0 Å². The van der Waals surface area contributed by atoms with Gasteiger partial charge in [0.15, 0.2) is 5.78 Å². The standard InChI is InChI=1S/C14H13NO3/c1-7-6-10-11(8(2)18-7)13(16)9-4-3-5-15-12(9)14(10)17/h3-5,7-8H,6H2,1-2H3/t7-,8+/m0/s1. The zero-order valence-corrected chi connectivity index (χ0v) is 10.3. The minimum atomic E-state index is -0.325. The number of carbonyl (C=O) groups is 2. The van der Waals surface area contributed by atoms with Gasteiger partial charge < -0.3 is 4.74 Å². The van der Waals surface area contributed by atoms with E-state index in [0.717, 1.165) is 0 Å². The number of aromatic nitrogens is 1. The van der Waals surface area contributed by atoms with Crippen molar-refractivity contribution >= 4 is 11.6 Å². The van der Waals surface area contributed by atoms with Gasteiger partial charge in [-0.15, -0.1) is 0 Å². The summed E-state index contributed by atoms with van der Waals surface area (Å²) in [7, 11) is 0. The molecule has 0 aromatic carbocycles. The molecule has 0 unspecified atom stereocenters. The summed E-state index contributed by atoms with van der Waals surface area (Å²) in [5.41, 5.74) is 1.77. The summed E-state index contributed by atoms with van der Waals surface area (Å²) in [5, 5.41) is 0. The van der Waals surface area contributed by atoms with Gasteiger partial charge in [0, 0.05) is 23.8 Å². The molecule has 0 saturated heterocycles. The van der Waals surface area contributed by atoms with Gasteiger partial charge >= 0.3 is 0 Å². The molecular formula is C14H13NO3. The highest BCUT2D eigenvalue weighted by atomic mass is 16.5. The first-order valence-corrected chi connectivity index (χ1v) is 6.02. The van der Waals surface area contributed by atoms with Crippen molar-refractivity contribution in [3.63, 3.8) is 0 Å². The fraction of sp³-hybridized carbons (Fsp3) is 0.357. The van der Waals surface area contributed by atoms with Gasteiger partial charge in [-0.25, -0.2) is 0 Å². The van der Waals surface area contributed by atoms with Gasteiger partial charge in [0.1, 0.15) is 5.69 Å². The van der Waals surface area contributed by atoms with Crippen molar-refractivity contribution < 1.29 is 14.3 Å². The zero-order chi connectivity index (χ0) is 12.9. The molecule has 0 fully saturated rings. The molecule has 92 valence electrons. The van der Waals surface area contributed by atoms with Crippen LogP contribution in [0.1, 0.15) is 41.1 Å². The zero-order valence-electron chi connectivity index (χ0n) is 10.3. The molecule has 1 aromatic heterocycles. The first-order chi connectivity index (χ1) is 8.59. The second-order valence-electron chi connectivity index (χ2n) is 4.74. The lowest BCUT2D eigenvalue weighted by Gasteiger charge is -2.32. The van der Waals surface area contributed by atoms with E-state index in [0.29, 0.717) is 23.1 Å². The number of nitrogens with zero attached hydrogens (tertiary/aromatic N) is 1. The highest BCUT2D eigenvalue weighted by molar-refractivity contribution is 6.26. The monoisotopic (exact) mass is 243 g/mol. The number of hydrogen-bond donors (Lipinski definition) is 0. The molecule has 2 aliphatic rings. The summed E-state index contributed by atoms with van der Waals surface area (Å²) in [5.74, 6) is -0.241. The lowest BCUT2D eigenvalue weighted by atomic mass is 9.81. The van der Waals surface area contributed by atoms with Gasteiger partial charge in [-0.1, -0.05) is 0 Å². The van der Waals surface area contributed by atoms with E-state index in [1.165, 1.54) is 0 Å². The molecule has 4 nitrogen and oxygen atoms in total. The highest BCUT2D eigenvalue weighted by Crippen LogP contribution is 2.34. The number of ether oxygens (including phenoxy) is 1. The van der Waals surface area contributed by atoms with E-state index in [9.17, 15) is 9.59 Å². The Balaban J connectivity index is 2.20. The number of hydrogen-bond acceptors (Lipinski definition) is 4. The lowest BCUT2D eigenvalue weighted by Crippen LogP contribution is -2.36. The first kappa shape index (κ1) is 11.3. The lowest BCUT2D eigenvalue weighted by molar-refractivity contribution is 0.0148. The highest BCUT2D eigenvalue weighted by Gasteiger charge is 2.39. The van der Waals surface area contributed by atoms with Crippen LogP contribution in [0.3, 0.4) is 0 Å². The predicted octanol–water partition coefficient (Wildman–Crippen LogP) is 1.95. The van der Waals surface area contributed by atoms with Gasteiger partial charge in [-0.05, 0) is 26.0 Å². The molecule has 0 saturated carbocycles. The third-order valence-corrected chi connectivity index (χ3v) is 3.45. The predicted molar refractivity (Wildman–Crippen MR) is 64.6 cm³/mol. The second kappa shape index (κ2) is 3.85. The Labute approximate surface area is 105 Å². The Morgan fingerprint density at radius 1 is 1.28 bits per heavy atom. The smallest absolute Gasteiger partial charge is 0.208 e. The molecule has 1 aliphatic carbocycles. The van der Waals surface area contributed by atoms with Crippen LogP contribution in [0, 0.1) is 0 Å². The Kier molecular flexibility index (Phi) is 2.41. The van der Waals surface area contributed by atoms with Crippen LogP contribution in [0.2, 0.25) is 0 Å². The van der Waals surface area contributed by atoms with Gasteiger partial charge in [0.25, 0.3) is 0 Å². The van der Waals surface area contributed by atoms with Crippen molar-refractivity contribution in [3.8, 4) is 0 Å². The van der Waals surface area contributed by atoms with Crippen molar-refractivity contribution in [3.05, 3.63) is 40.7 Å². The first-order valence-electron chi connectivity index (χ1n) is 6.02. The molecule has 1 aliphatic heterocycles. The Morgan fingerprint density at radius 2 is 2.06 bits per heavy atom. The molecular weight excluding hydrogens is 230 g/mol. The van der Waals surface area contributed by atoms with Crippen LogP contribution < -0.4 is 0 Å². The molecule has 3 rings (SSSR count). The molecule has 2 atom stereocenters. The number of Topliss-reactive ketones (excluding diaryl/α,β-unsaturated/α-hetero) is 2. The average Bonchev–Trinajstić information content (AvgIpc) is 2.35. The van der Waals surface area contributed by atoms with E-state index in [2.05, 4.69) is 4.98 Å². The third kappa shape index (κ3) is 1.46. The summed E-state index contributed by atoms with van der Waals surface area (Å²) in [6, 6.07) is 3.32. The summed E-state index contributed by atoms with van der Waals surface area (Å²) >= 11 is 0. The fourth-order valence-corrected chi connectivity index (χ4v) is 2.70. The molecule has 1 aromatic rings. The second-order valence-corrected chi connectivity index (χ2v) is 4.74. The summed E-state index contributed by atoms with van der Waals surface area (Å²) in [6.45, 7) is 3.73. The number of rotatable bonds is 0. The van der Waals surface area contributed by atoms with E-state index in [4.69, 9.17) is 4.74 Å². The van der Waals surface area contributed by atoms with Gasteiger partial charge in [-0.2, -0.15) is 0 Å². The molecule has 0 spiro atoms. The quantitative estimate of drug-likeness (QED) is 0.699. The van der Waals surface area contributed by atoms with Crippen LogP contribution in [0.4, 0.5) is 0 Å². The number of pyridine rings is 1. The van der Waals surface area contributed by atoms with Crippen LogP contribution in [-0.2, 0) is 4.74 Å². The van der Waals surface area contributed by atoms with Gasteiger partial charge in [-0.3, -0.25) is 14.6 Å². The van der Waals surface area contributed by atoms with Crippen LogP contribution in [-0.4, -0.2) is 28.8 Å². The molecule has 0 bridgehead atoms. The topological polar surface area (TPSA) is 56.3 Å². The van der Waals surface area contributed by atoms with E-state index >= 15 is 0 Å². The molecule has 2 heterocycles. The average molecular weight is 243 g/mol. The van der Waals surface area contributed by atoms with Crippen LogP contribution >= 0.6 is 0 Å². The summed E-state index contributed by atoms with van der Waals surface area (Å²) in [4.78, 5) is 28.8. The molecule has 0 N–H and O–H groups in total. The molecule has 4 heteroatoms. The minimum Gasteiger partial charge on any atom is -0.370 e. The van der Waals surface area contributed by atoms with E-state index in [1.54, 1.807) is 18.3 Å². The Bertz CT molecular complexity index is 588. The van der Waals surface area contributed by atoms with Crippen molar-refractivity contribution in [1.29, 1.82) is 0 Å². The van der Waals surface area contributed by atoms with Crippen LogP contribution in [0.5, 0.6) is 0 Å². The summed E-state index contributed by atoms with van der Waals surface area (Å²) < 4.78 is 5.64. The Morgan fingerprint density at radius 3 is 2.83 bits per heavy atom. The third-order valence-electron chi connectivity index (χ3n) is 3.45. The van der Waals surface area contributed by atoms with E-state index in [1.807, 2.05) is 13.8 Å². The van der Waals surface area contributed by atoms with Crippen LogP contribution in [0.25, 0.3) is 0 Å². The maximum absolute atomic E-state index is 12.4. The summed E-state index contributed by atoms with van der Waals surface area (Å²) in [6.07, 6.45) is 1.66. The van der Waals surface area contributed by atoms with Crippen molar-refractivity contribution in [2.75, 3.05) is 0 Å². The largest absolute Gasteiger partial charge is 0.370 e.